The van der Waals surface area contributed by atoms with Gasteiger partial charge < -0.3 is 5.73 Å². The number of aryl methyl sites for hydroxylation is 2. The summed E-state index contributed by atoms with van der Waals surface area (Å²) in [5.41, 5.74) is 7.98. The van der Waals surface area contributed by atoms with Crippen LogP contribution in [0.4, 0.5) is 5.69 Å². The van der Waals surface area contributed by atoms with Gasteiger partial charge in [0.05, 0.1) is 5.75 Å². The molecule has 0 heterocycles. The van der Waals surface area contributed by atoms with Crippen LogP contribution >= 0.6 is 15.9 Å². The maximum atomic E-state index is 11.8. The van der Waals surface area contributed by atoms with Gasteiger partial charge in [-0.05, 0) is 56.5 Å². The molecule has 1 rings (SSSR count). The molecule has 3 N–H and O–H groups in total. The molecule has 0 spiro atoms. The molecule has 0 unspecified atom stereocenters. The van der Waals surface area contributed by atoms with Crippen molar-refractivity contribution in [1.82, 2.24) is 0 Å². The molecule has 1 aromatic carbocycles. The molecule has 102 valence electrons. The van der Waals surface area contributed by atoms with E-state index >= 15 is 0 Å². The molecule has 18 heavy (non-hydrogen) atoms. The highest BCUT2D eigenvalue weighted by atomic mass is 79.9. The van der Waals surface area contributed by atoms with Crippen molar-refractivity contribution in [1.29, 1.82) is 0 Å². The molecule has 0 aliphatic rings. The smallest absolute Gasteiger partial charge is 0.232 e. The van der Waals surface area contributed by atoms with Crippen LogP contribution in [-0.2, 0) is 10.0 Å². The Bertz CT molecular complexity index is 492. The van der Waals surface area contributed by atoms with E-state index in [1.807, 2.05) is 26.0 Å². The Kier molecular flexibility index (Phi) is 5.62. The van der Waals surface area contributed by atoms with Crippen LogP contribution in [0.1, 0.15) is 24.0 Å². The molecular formula is C12H19BrN2O2S. The first-order valence-corrected chi connectivity index (χ1v) is 8.27. The minimum absolute atomic E-state index is 0.109. The standard InChI is InChI=1S/C12H19BrN2O2S/c1-9-7-11(8-10(2)12(9)13)15-18(16,17)6-4-3-5-14/h7-8,15H,3-6,14H2,1-2H3. The van der Waals surface area contributed by atoms with Gasteiger partial charge >= 0.3 is 0 Å². The lowest BCUT2D eigenvalue weighted by Crippen LogP contribution is -2.17. The molecule has 0 radical (unpaired) electrons. The summed E-state index contributed by atoms with van der Waals surface area (Å²) in [7, 11) is -3.27. The molecule has 0 aliphatic heterocycles. The number of hydrogen-bond donors (Lipinski definition) is 2. The lowest BCUT2D eigenvalue weighted by molar-refractivity contribution is 0.597. The van der Waals surface area contributed by atoms with Crippen molar-refractivity contribution in [3.05, 3.63) is 27.7 Å². The van der Waals surface area contributed by atoms with E-state index in [1.165, 1.54) is 0 Å². The van der Waals surface area contributed by atoms with Crippen LogP contribution < -0.4 is 10.5 Å². The monoisotopic (exact) mass is 334 g/mol. The molecule has 0 saturated carbocycles. The Hall–Kier alpha value is -0.590. The van der Waals surface area contributed by atoms with E-state index in [1.54, 1.807) is 0 Å². The van der Waals surface area contributed by atoms with Crippen LogP contribution in [0, 0.1) is 13.8 Å². The van der Waals surface area contributed by atoms with Crippen molar-refractivity contribution < 1.29 is 8.42 Å². The van der Waals surface area contributed by atoms with Gasteiger partial charge in [-0.1, -0.05) is 15.9 Å². The second kappa shape index (κ2) is 6.54. The fourth-order valence-electron chi connectivity index (χ4n) is 1.67. The van der Waals surface area contributed by atoms with Gasteiger partial charge in [0.2, 0.25) is 10.0 Å². The third-order valence-electron chi connectivity index (χ3n) is 2.58. The summed E-state index contributed by atoms with van der Waals surface area (Å²) in [6.45, 7) is 4.39. The number of anilines is 1. The third kappa shape index (κ3) is 4.59. The minimum atomic E-state index is -3.27. The summed E-state index contributed by atoms with van der Waals surface area (Å²) < 4.78 is 27.2. The largest absolute Gasteiger partial charge is 0.330 e. The number of benzene rings is 1. The first kappa shape index (κ1) is 15.5. The van der Waals surface area contributed by atoms with Crippen molar-refractivity contribution in [2.24, 2.45) is 5.73 Å². The number of nitrogens with one attached hydrogen (secondary N) is 1. The fourth-order valence-corrected chi connectivity index (χ4v) is 3.06. The minimum Gasteiger partial charge on any atom is -0.330 e. The number of rotatable bonds is 6. The Morgan fingerprint density at radius 1 is 1.22 bits per heavy atom. The van der Waals surface area contributed by atoms with Gasteiger partial charge in [0.25, 0.3) is 0 Å². The van der Waals surface area contributed by atoms with Gasteiger partial charge in [0.15, 0.2) is 0 Å². The van der Waals surface area contributed by atoms with E-state index in [2.05, 4.69) is 20.7 Å². The molecule has 0 amide bonds. The average molecular weight is 335 g/mol. The summed E-state index contributed by atoms with van der Waals surface area (Å²) in [6, 6.07) is 3.63. The van der Waals surface area contributed by atoms with Crippen LogP contribution in [0.3, 0.4) is 0 Å². The summed E-state index contributed by atoms with van der Waals surface area (Å²) in [4.78, 5) is 0. The van der Waals surface area contributed by atoms with Gasteiger partial charge in [0.1, 0.15) is 0 Å². The van der Waals surface area contributed by atoms with Gasteiger partial charge in [-0.3, -0.25) is 4.72 Å². The molecule has 6 heteroatoms. The Morgan fingerprint density at radius 2 is 1.78 bits per heavy atom. The quantitative estimate of drug-likeness (QED) is 0.785. The molecule has 4 nitrogen and oxygen atoms in total. The fraction of sp³-hybridized carbons (Fsp3) is 0.500. The van der Waals surface area contributed by atoms with E-state index in [4.69, 9.17) is 5.73 Å². The highest BCUT2D eigenvalue weighted by Crippen LogP contribution is 2.25. The molecule has 0 saturated heterocycles. The van der Waals surface area contributed by atoms with Crippen LogP contribution in [0.25, 0.3) is 0 Å². The SMILES string of the molecule is Cc1cc(NS(=O)(=O)CCCCN)cc(C)c1Br. The topological polar surface area (TPSA) is 72.2 Å². The summed E-state index contributed by atoms with van der Waals surface area (Å²) in [6.07, 6.45) is 1.31. The highest BCUT2D eigenvalue weighted by Gasteiger charge is 2.11. The van der Waals surface area contributed by atoms with Gasteiger partial charge in [-0.2, -0.15) is 0 Å². The van der Waals surface area contributed by atoms with Crippen LogP contribution in [0.15, 0.2) is 16.6 Å². The van der Waals surface area contributed by atoms with E-state index in [-0.39, 0.29) is 5.75 Å². The van der Waals surface area contributed by atoms with E-state index < -0.39 is 10.0 Å². The second-order valence-corrected chi connectivity index (χ2v) is 6.98. The number of nitrogens with two attached hydrogens (primary N) is 1. The molecule has 0 atom stereocenters. The molecule has 1 aromatic rings. The van der Waals surface area contributed by atoms with Crippen molar-refractivity contribution in [3.8, 4) is 0 Å². The zero-order valence-electron chi connectivity index (χ0n) is 10.7. The predicted octanol–water partition coefficient (Wildman–Crippen LogP) is 2.55. The molecule has 0 fully saturated rings. The van der Waals surface area contributed by atoms with Crippen LogP contribution in [0.2, 0.25) is 0 Å². The van der Waals surface area contributed by atoms with E-state index in [9.17, 15) is 8.42 Å². The van der Waals surface area contributed by atoms with E-state index in [0.29, 0.717) is 18.7 Å². The Labute approximate surface area is 117 Å². The molecule has 0 aliphatic carbocycles. The summed E-state index contributed by atoms with van der Waals surface area (Å²) >= 11 is 3.45. The van der Waals surface area contributed by atoms with Gasteiger partial charge in [-0.25, -0.2) is 8.42 Å². The third-order valence-corrected chi connectivity index (χ3v) is 5.20. The zero-order chi connectivity index (χ0) is 13.8. The van der Waals surface area contributed by atoms with Crippen molar-refractivity contribution in [3.63, 3.8) is 0 Å². The van der Waals surface area contributed by atoms with Gasteiger partial charge in [0, 0.05) is 10.2 Å². The maximum absolute atomic E-state index is 11.8. The maximum Gasteiger partial charge on any atom is 0.232 e. The lowest BCUT2D eigenvalue weighted by atomic mass is 10.1. The number of halogens is 1. The Balaban J connectivity index is 2.78. The predicted molar refractivity (Wildman–Crippen MR) is 79.3 cm³/mol. The summed E-state index contributed by atoms with van der Waals surface area (Å²) in [5, 5.41) is 0. The molecular weight excluding hydrogens is 316 g/mol. The normalized spacial score (nSPS) is 11.6. The van der Waals surface area contributed by atoms with E-state index in [0.717, 1.165) is 22.0 Å². The van der Waals surface area contributed by atoms with Crippen LogP contribution in [0.5, 0.6) is 0 Å². The van der Waals surface area contributed by atoms with Crippen molar-refractivity contribution in [2.45, 2.75) is 26.7 Å². The first-order chi connectivity index (χ1) is 8.35. The zero-order valence-corrected chi connectivity index (χ0v) is 13.1. The van der Waals surface area contributed by atoms with Gasteiger partial charge in [-0.15, -0.1) is 0 Å². The molecule has 0 aromatic heterocycles. The second-order valence-electron chi connectivity index (χ2n) is 4.34. The Morgan fingerprint density at radius 3 is 2.28 bits per heavy atom. The lowest BCUT2D eigenvalue weighted by Gasteiger charge is -2.11. The van der Waals surface area contributed by atoms with Crippen molar-refractivity contribution >= 4 is 31.6 Å². The average Bonchev–Trinajstić information content (AvgIpc) is 2.25. The number of sulfonamides is 1. The number of unbranched alkanes of at least 4 members (excludes halogenated alkanes) is 1. The summed E-state index contributed by atoms with van der Waals surface area (Å²) in [5.74, 6) is 0.109. The first-order valence-electron chi connectivity index (χ1n) is 5.83. The molecule has 0 bridgehead atoms. The van der Waals surface area contributed by atoms with Crippen LogP contribution in [-0.4, -0.2) is 20.7 Å². The highest BCUT2D eigenvalue weighted by molar-refractivity contribution is 9.10. The van der Waals surface area contributed by atoms with Crippen molar-refractivity contribution in [2.75, 3.05) is 17.0 Å². The number of hydrogen-bond acceptors (Lipinski definition) is 3.